The molecule has 13 aromatic rings. The second-order valence-corrected chi connectivity index (χ2v) is 18.0. The number of benzene rings is 11. The van der Waals surface area contributed by atoms with Gasteiger partial charge < -0.3 is 0 Å². The summed E-state index contributed by atoms with van der Waals surface area (Å²) in [5, 5.41) is 15.5. The molecule has 60 heavy (non-hydrogen) atoms. The zero-order valence-corrected chi connectivity index (χ0v) is 34.1. The molecule has 0 aliphatic carbocycles. The smallest absolute Gasteiger partial charge is 0.0440 e. The van der Waals surface area contributed by atoms with Crippen LogP contribution in [0.15, 0.2) is 206 Å². The lowest BCUT2D eigenvalue weighted by molar-refractivity contribution is 1.61. The summed E-state index contributed by atoms with van der Waals surface area (Å²) in [7, 11) is 0. The van der Waals surface area contributed by atoms with Crippen molar-refractivity contribution in [2.24, 2.45) is 0 Å². The van der Waals surface area contributed by atoms with Crippen LogP contribution in [0.5, 0.6) is 0 Å². The molecule has 2 aromatic heterocycles. The van der Waals surface area contributed by atoms with Gasteiger partial charge in [0.2, 0.25) is 0 Å². The van der Waals surface area contributed by atoms with E-state index < -0.39 is 0 Å². The zero-order valence-electron chi connectivity index (χ0n) is 32.4. The predicted molar refractivity (Wildman–Crippen MR) is 264 cm³/mol. The van der Waals surface area contributed by atoms with Crippen molar-refractivity contribution in [3.05, 3.63) is 206 Å². The molecule has 0 fully saturated rings. The molecule has 0 saturated carbocycles. The topological polar surface area (TPSA) is 0 Å². The first-order valence-electron chi connectivity index (χ1n) is 20.6. The quantitative estimate of drug-likeness (QED) is 0.156. The summed E-state index contributed by atoms with van der Waals surface area (Å²) >= 11 is 3.83. The highest BCUT2D eigenvalue weighted by Crippen LogP contribution is 2.51. The minimum absolute atomic E-state index is 1.22. The average molecular weight is 795 g/mol. The Morgan fingerprint density at radius 1 is 0.250 bits per heavy atom. The fraction of sp³-hybridized carbons (Fsp3) is 0. The van der Waals surface area contributed by atoms with Gasteiger partial charge in [0.15, 0.2) is 0 Å². The van der Waals surface area contributed by atoms with Crippen LogP contribution >= 0.6 is 22.7 Å². The molecule has 0 aliphatic heterocycles. The highest BCUT2D eigenvalue weighted by atomic mass is 32.1. The first-order chi connectivity index (χ1) is 29.8. The zero-order chi connectivity index (χ0) is 39.3. The van der Waals surface area contributed by atoms with E-state index in [1.165, 1.54) is 128 Å². The van der Waals surface area contributed by atoms with Gasteiger partial charge in [-0.15, -0.1) is 22.7 Å². The van der Waals surface area contributed by atoms with Gasteiger partial charge in [-0.1, -0.05) is 176 Å². The minimum atomic E-state index is 1.22. The van der Waals surface area contributed by atoms with E-state index in [1.54, 1.807) is 0 Å². The molecule has 0 amide bonds. The molecule has 278 valence electrons. The van der Waals surface area contributed by atoms with E-state index in [2.05, 4.69) is 206 Å². The minimum Gasteiger partial charge on any atom is -0.135 e. The number of hydrogen-bond donors (Lipinski definition) is 0. The van der Waals surface area contributed by atoms with E-state index in [-0.39, 0.29) is 0 Å². The van der Waals surface area contributed by atoms with Crippen LogP contribution in [0.3, 0.4) is 0 Å². The normalized spacial score (nSPS) is 12.0. The van der Waals surface area contributed by atoms with Crippen LogP contribution in [0.1, 0.15) is 0 Å². The van der Waals surface area contributed by atoms with Crippen molar-refractivity contribution in [1.29, 1.82) is 0 Å². The lowest BCUT2D eigenvalue weighted by Gasteiger charge is -2.20. The molecular weight excluding hydrogens is 761 g/mol. The number of thiophene rings is 2. The molecule has 0 nitrogen and oxygen atoms in total. The molecule has 0 unspecified atom stereocenters. The summed E-state index contributed by atoms with van der Waals surface area (Å²) in [4.78, 5) is 0. The Labute approximate surface area is 354 Å². The van der Waals surface area contributed by atoms with Crippen LogP contribution in [0, 0.1) is 0 Å². The van der Waals surface area contributed by atoms with Crippen molar-refractivity contribution in [3.63, 3.8) is 0 Å². The fourth-order valence-corrected chi connectivity index (χ4v) is 12.5. The second kappa shape index (κ2) is 13.2. The van der Waals surface area contributed by atoms with Crippen LogP contribution in [-0.2, 0) is 0 Å². The van der Waals surface area contributed by atoms with Crippen molar-refractivity contribution in [3.8, 4) is 44.5 Å². The molecule has 0 N–H and O–H groups in total. The predicted octanol–water partition coefficient (Wildman–Crippen LogP) is 17.7. The molecule has 11 aromatic carbocycles. The molecular formula is C58H34S2. The average Bonchev–Trinajstić information content (AvgIpc) is 3.91. The summed E-state index contributed by atoms with van der Waals surface area (Å²) < 4.78 is 5.31. The van der Waals surface area contributed by atoms with Gasteiger partial charge in [0.05, 0.1) is 0 Å². The molecule has 0 spiro atoms. The molecule has 2 heterocycles. The third kappa shape index (κ3) is 4.96. The number of rotatable bonds is 4. The van der Waals surface area contributed by atoms with Crippen molar-refractivity contribution in [2.75, 3.05) is 0 Å². The largest absolute Gasteiger partial charge is 0.135 e. The van der Waals surface area contributed by atoms with Crippen molar-refractivity contribution < 1.29 is 0 Å². The Morgan fingerprint density at radius 3 is 1.22 bits per heavy atom. The van der Waals surface area contributed by atoms with Gasteiger partial charge >= 0.3 is 0 Å². The summed E-state index contributed by atoms with van der Waals surface area (Å²) in [5.41, 5.74) is 10.0. The maximum Gasteiger partial charge on any atom is 0.0440 e. The highest BCUT2D eigenvalue weighted by molar-refractivity contribution is 7.27. The van der Waals surface area contributed by atoms with E-state index in [0.29, 0.717) is 0 Å². The molecule has 0 aliphatic rings. The second-order valence-electron chi connectivity index (χ2n) is 15.9. The van der Waals surface area contributed by atoms with Gasteiger partial charge in [0.25, 0.3) is 0 Å². The van der Waals surface area contributed by atoms with Crippen LogP contribution in [0.2, 0.25) is 0 Å². The molecule has 0 atom stereocenters. The SMILES string of the molecule is c1ccc(-c2ccccc2-c2c3cccc(-c4cc5ccccc5c5c4sc4ccccc45)c3cc3c(-c4cc5ccccc5c5c4sc4ccccc45)cccc23)cc1. The third-order valence-corrected chi connectivity index (χ3v) is 15.0. The molecule has 0 bridgehead atoms. The van der Waals surface area contributed by atoms with Crippen LogP contribution in [0.25, 0.3) is 128 Å². The van der Waals surface area contributed by atoms with E-state index in [9.17, 15) is 0 Å². The van der Waals surface area contributed by atoms with E-state index in [4.69, 9.17) is 0 Å². The number of fused-ring (bicyclic) bond motifs is 12. The van der Waals surface area contributed by atoms with Gasteiger partial charge in [0, 0.05) is 51.5 Å². The Morgan fingerprint density at radius 2 is 0.667 bits per heavy atom. The Hall–Kier alpha value is -7.10. The van der Waals surface area contributed by atoms with Crippen molar-refractivity contribution in [1.82, 2.24) is 0 Å². The van der Waals surface area contributed by atoms with E-state index in [0.717, 1.165) is 0 Å². The summed E-state index contributed by atoms with van der Waals surface area (Å²) in [6, 6.07) is 76.9. The Bertz CT molecular complexity index is 3670. The first-order valence-corrected chi connectivity index (χ1v) is 22.2. The maximum atomic E-state index is 2.52. The van der Waals surface area contributed by atoms with Crippen LogP contribution in [-0.4, -0.2) is 0 Å². The van der Waals surface area contributed by atoms with Crippen molar-refractivity contribution >= 4 is 106 Å². The van der Waals surface area contributed by atoms with Crippen LogP contribution < -0.4 is 0 Å². The monoisotopic (exact) mass is 794 g/mol. The lowest BCUT2D eigenvalue weighted by atomic mass is 9.83. The van der Waals surface area contributed by atoms with Gasteiger partial charge in [0.1, 0.15) is 0 Å². The highest BCUT2D eigenvalue weighted by Gasteiger charge is 2.22. The van der Waals surface area contributed by atoms with Gasteiger partial charge in [-0.3, -0.25) is 0 Å². The summed E-state index contributed by atoms with van der Waals surface area (Å²) in [6.07, 6.45) is 0. The molecule has 0 radical (unpaired) electrons. The van der Waals surface area contributed by atoms with Gasteiger partial charge in [-0.05, 0) is 107 Å². The van der Waals surface area contributed by atoms with Gasteiger partial charge in [-0.2, -0.15) is 0 Å². The lowest BCUT2D eigenvalue weighted by Crippen LogP contribution is -1.93. The molecule has 0 saturated heterocycles. The summed E-state index contributed by atoms with van der Waals surface area (Å²) in [5.74, 6) is 0. The van der Waals surface area contributed by atoms with Gasteiger partial charge in [-0.25, -0.2) is 0 Å². The Balaban J connectivity index is 1.21. The fourth-order valence-electron chi connectivity index (χ4n) is 10.0. The first kappa shape index (κ1) is 33.8. The maximum absolute atomic E-state index is 2.52. The van der Waals surface area contributed by atoms with E-state index >= 15 is 0 Å². The molecule has 2 heteroatoms. The number of hydrogen-bond acceptors (Lipinski definition) is 2. The van der Waals surface area contributed by atoms with Crippen LogP contribution in [0.4, 0.5) is 0 Å². The summed E-state index contributed by atoms with van der Waals surface area (Å²) in [6.45, 7) is 0. The third-order valence-electron chi connectivity index (χ3n) is 12.6. The Kier molecular flexibility index (Phi) is 7.45. The van der Waals surface area contributed by atoms with Crippen molar-refractivity contribution in [2.45, 2.75) is 0 Å². The standard InChI is InChI=1S/C58H34S2/c1-2-16-35(17-3-1)38-20-8-9-23-43(38)54-44-28-14-26-41(50-32-36-18-4-6-21-39(36)55-46-24-10-12-30-52(46)59-57(50)55)48(44)34-49-42(27-15-29-45(49)54)51-33-37-19-5-7-22-40(37)56-47-25-11-13-31-53(47)60-58(51)56/h1-34H. The molecule has 13 rings (SSSR count). The van der Waals surface area contributed by atoms with E-state index in [1.807, 2.05) is 22.7 Å².